The molecule has 0 atom stereocenters. The summed E-state index contributed by atoms with van der Waals surface area (Å²) in [6.07, 6.45) is 4.49. The molecule has 23 heavy (non-hydrogen) atoms. The van der Waals surface area contributed by atoms with Crippen LogP contribution in [0, 0.1) is 5.92 Å². The van der Waals surface area contributed by atoms with Crippen molar-refractivity contribution < 1.29 is 0 Å². The number of fused-ring (bicyclic) bond motifs is 1. The molecule has 7 nitrogen and oxygen atoms in total. The molecule has 2 aromatic rings. The number of hydrogen-bond acceptors (Lipinski definition) is 4. The zero-order valence-electron chi connectivity index (χ0n) is 14.1. The Balaban J connectivity index is 2.18. The number of aromatic amines is 1. The minimum Gasteiger partial charge on any atom is -0.342 e. The molecule has 0 saturated carbocycles. The van der Waals surface area contributed by atoms with Crippen LogP contribution in [0.15, 0.2) is 9.59 Å². The molecule has 0 aromatic carbocycles. The van der Waals surface area contributed by atoms with Gasteiger partial charge < -0.3 is 9.47 Å². The Kier molecular flexibility index (Phi) is 4.28. The number of aryl methyl sites for hydroxylation is 2. The Hall–Kier alpha value is -2.05. The Bertz CT molecular complexity index is 808. The van der Waals surface area contributed by atoms with E-state index in [2.05, 4.69) is 28.7 Å². The summed E-state index contributed by atoms with van der Waals surface area (Å²) in [6, 6.07) is 0. The predicted molar refractivity (Wildman–Crippen MR) is 91.1 cm³/mol. The second kappa shape index (κ2) is 6.22. The summed E-state index contributed by atoms with van der Waals surface area (Å²) in [5, 5.41) is 0. The SMILES string of the molecule is CC(C)CCn1c(N2CCCCC2)nc2c1c(=O)[nH]c(=O)n2C. The highest BCUT2D eigenvalue weighted by molar-refractivity contribution is 5.74. The fourth-order valence-electron chi connectivity index (χ4n) is 3.16. The van der Waals surface area contributed by atoms with Crippen molar-refractivity contribution in [2.24, 2.45) is 13.0 Å². The Labute approximate surface area is 134 Å². The molecule has 1 N–H and O–H groups in total. The molecule has 0 unspecified atom stereocenters. The predicted octanol–water partition coefficient (Wildman–Crippen LogP) is 1.46. The van der Waals surface area contributed by atoms with E-state index in [1.165, 1.54) is 11.0 Å². The van der Waals surface area contributed by atoms with Crippen LogP contribution in [0.25, 0.3) is 11.2 Å². The minimum absolute atomic E-state index is 0.345. The number of rotatable bonds is 4. The van der Waals surface area contributed by atoms with Crippen molar-refractivity contribution in [3.63, 3.8) is 0 Å². The lowest BCUT2D eigenvalue weighted by atomic mass is 10.1. The third-order valence-electron chi connectivity index (χ3n) is 4.56. The highest BCUT2D eigenvalue weighted by Crippen LogP contribution is 2.23. The summed E-state index contributed by atoms with van der Waals surface area (Å²) in [6.45, 7) is 6.98. The van der Waals surface area contributed by atoms with Gasteiger partial charge in [-0.2, -0.15) is 4.98 Å². The summed E-state index contributed by atoms with van der Waals surface area (Å²) < 4.78 is 3.43. The van der Waals surface area contributed by atoms with Crippen molar-refractivity contribution in [3.8, 4) is 0 Å². The van der Waals surface area contributed by atoms with Crippen LogP contribution in [-0.2, 0) is 13.6 Å². The maximum atomic E-state index is 12.4. The zero-order valence-corrected chi connectivity index (χ0v) is 14.1. The van der Waals surface area contributed by atoms with Crippen molar-refractivity contribution in [2.45, 2.75) is 46.1 Å². The van der Waals surface area contributed by atoms with Crippen molar-refractivity contribution in [2.75, 3.05) is 18.0 Å². The first-order valence-corrected chi connectivity index (χ1v) is 8.43. The average molecular weight is 319 g/mol. The second-order valence-electron chi connectivity index (χ2n) is 6.78. The molecular formula is C16H25N5O2. The van der Waals surface area contributed by atoms with Crippen molar-refractivity contribution in [1.82, 2.24) is 19.1 Å². The Morgan fingerprint density at radius 2 is 1.87 bits per heavy atom. The van der Waals surface area contributed by atoms with Gasteiger partial charge >= 0.3 is 5.69 Å². The topological polar surface area (TPSA) is 75.9 Å². The summed E-state index contributed by atoms with van der Waals surface area (Å²) in [5.74, 6) is 1.36. The van der Waals surface area contributed by atoms with Crippen LogP contribution in [-0.4, -0.2) is 32.2 Å². The normalized spacial score (nSPS) is 15.7. The van der Waals surface area contributed by atoms with Gasteiger partial charge in [-0.05, 0) is 31.6 Å². The van der Waals surface area contributed by atoms with E-state index in [9.17, 15) is 9.59 Å². The van der Waals surface area contributed by atoms with E-state index in [1.54, 1.807) is 7.05 Å². The van der Waals surface area contributed by atoms with E-state index in [0.29, 0.717) is 17.1 Å². The highest BCUT2D eigenvalue weighted by Gasteiger charge is 2.22. The van der Waals surface area contributed by atoms with Gasteiger partial charge in [0, 0.05) is 26.7 Å². The lowest BCUT2D eigenvalue weighted by Crippen LogP contribution is -2.32. The van der Waals surface area contributed by atoms with Crippen molar-refractivity contribution in [1.29, 1.82) is 0 Å². The number of imidazole rings is 1. The number of piperidine rings is 1. The van der Waals surface area contributed by atoms with Gasteiger partial charge in [0.05, 0.1) is 0 Å². The fourth-order valence-corrected chi connectivity index (χ4v) is 3.16. The number of anilines is 1. The Morgan fingerprint density at radius 3 is 2.52 bits per heavy atom. The standard InChI is InChI=1S/C16H25N5O2/c1-11(2)7-10-21-12-13(19(3)16(23)18-14(12)22)17-15(21)20-8-5-4-6-9-20/h11H,4-10H2,1-3H3,(H,18,22,23). The number of nitrogens with zero attached hydrogens (tertiary/aromatic N) is 4. The van der Waals surface area contributed by atoms with Crippen LogP contribution in [0.2, 0.25) is 0 Å². The van der Waals surface area contributed by atoms with Crippen LogP contribution in [0.4, 0.5) is 5.95 Å². The van der Waals surface area contributed by atoms with Crippen LogP contribution in [0.5, 0.6) is 0 Å². The summed E-state index contributed by atoms with van der Waals surface area (Å²) in [7, 11) is 1.65. The first-order valence-electron chi connectivity index (χ1n) is 8.43. The third kappa shape index (κ3) is 2.92. The molecule has 3 heterocycles. The largest absolute Gasteiger partial charge is 0.342 e. The van der Waals surface area contributed by atoms with Crippen LogP contribution >= 0.6 is 0 Å². The van der Waals surface area contributed by atoms with Gasteiger partial charge in [-0.1, -0.05) is 13.8 Å². The van der Waals surface area contributed by atoms with E-state index in [-0.39, 0.29) is 5.56 Å². The second-order valence-corrected chi connectivity index (χ2v) is 6.78. The van der Waals surface area contributed by atoms with Crippen LogP contribution in [0.1, 0.15) is 39.5 Å². The number of hydrogen-bond donors (Lipinski definition) is 1. The molecule has 0 aliphatic carbocycles. The zero-order chi connectivity index (χ0) is 16.6. The van der Waals surface area contributed by atoms with Gasteiger partial charge in [-0.15, -0.1) is 0 Å². The van der Waals surface area contributed by atoms with Gasteiger partial charge in [0.2, 0.25) is 5.95 Å². The first-order chi connectivity index (χ1) is 11.0. The molecule has 0 spiro atoms. The average Bonchev–Trinajstić information content (AvgIpc) is 2.91. The molecule has 1 fully saturated rings. The number of aromatic nitrogens is 4. The molecule has 1 saturated heterocycles. The van der Waals surface area contributed by atoms with Gasteiger partial charge in [-0.25, -0.2) is 4.79 Å². The summed E-state index contributed by atoms with van der Waals surface area (Å²) in [4.78, 5) is 33.5. The molecule has 0 amide bonds. The van der Waals surface area contributed by atoms with E-state index in [1.807, 2.05) is 4.57 Å². The van der Waals surface area contributed by atoms with E-state index in [0.717, 1.165) is 44.8 Å². The number of nitrogens with one attached hydrogen (secondary N) is 1. The molecule has 0 bridgehead atoms. The first kappa shape index (κ1) is 15.8. The molecule has 1 aliphatic rings. The van der Waals surface area contributed by atoms with Crippen molar-refractivity contribution >= 4 is 17.1 Å². The maximum absolute atomic E-state index is 12.4. The molecular weight excluding hydrogens is 294 g/mol. The van der Waals surface area contributed by atoms with E-state index >= 15 is 0 Å². The van der Waals surface area contributed by atoms with Crippen LogP contribution in [0.3, 0.4) is 0 Å². The monoisotopic (exact) mass is 319 g/mol. The molecule has 1 aliphatic heterocycles. The van der Waals surface area contributed by atoms with Gasteiger partial charge in [0.1, 0.15) is 0 Å². The summed E-state index contributed by atoms with van der Waals surface area (Å²) in [5.41, 5.74) is 0.222. The van der Waals surface area contributed by atoms with Gasteiger partial charge in [-0.3, -0.25) is 14.3 Å². The lowest BCUT2D eigenvalue weighted by Gasteiger charge is -2.28. The third-order valence-corrected chi connectivity index (χ3v) is 4.56. The maximum Gasteiger partial charge on any atom is 0.329 e. The highest BCUT2D eigenvalue weighted by atomic mass is 16.2. The molecule has 0 radical (unpaired) electrons. The molecule has 3 rings (SSSR count). The van der Waals surface area contributed by atoms with Crippen LogP contribution < -0.4 is 16.1 Å². The fraction of sp³-hybridized carbons (Fsp3) is 0.688. The quantitative estimate of drug-likeness (QED) is 0.925. The Morgan fingerprint density at radius 1 is 1.17 bits per heavy atom. The van der Waals surface area contributed by atoms with E-state index < -0.39 is 5.69 Å². The van der Waals surface area contributed by atoms with Crippen molar-refractivity contribution in [3.05, 3.63) is 20.8 Å². The minimum atomic E-state index is -0.416. The van der Waals surface area contributed by atoms with E-state index in [4.69, 9.17) is 0 Å². The van der Waals surface area contributed by atoms with Gasteiger partial charge in [0.15, 0.2) is 11.2 Å². The molecule has 7 heteroatoms. The molecule has 126 valence electrons. The number of H-pyrrole nitrogens is 1. The lowest BCUT2D eigenvalue weighted by molar-refractivity contribution is 0.507. The summed E-state index contributed by atoms with van der Waals surface area (Å²) >= 11 is 0. The van der Waals surface area contributed by atoms with Gasteiger partial charge in [0.25, 0.3) is 5.56 Å². The molecule has 2 aromatic heterocycles. The smallest absolute Gasteiger partial charge is 0.329 e.